The smallest absolute Gasteiger partial charge is 0.138 e. The first-order valence-electron chi connectivity index (χ1n) is 10.9. The van der Waals surface area contributed by atoms with E-state index in [9.17, 15) is 5.26 Å². The number of morpholine rings is 1. The third kappa shape index (κ3) is 4.40. The van der Waals surface area contributed by atoms with Gasteiger partial charge in [-0.25, -0.2) is 4.98 Å². The Morgan fingerprint density at radius 1 is 1.06 bits per heavy atom. The van der Waals surface area contributed by atoms with Crippen molar-refractivity contribution in [3.8, 4) is 34.9 Å². The minimum Gasteiger partial charge on any atom is -0.489 e. The van der Waals surface area contributed by atoms with E-state index in [-0.39, 0.29) is 6.10 Å². The van der Waals surface area contributed by atoms with Gasteiger partial charge in [0, 0.05) is 43.6 Å². The van der Waals surface area contributed by atoms with Crippen molar-refractivity contribution < 1.29 is 14.2 Å². The Morgan fingerprint density at radius 3 is 2.69 bits per heavy atom. The Balaban J connectivity index is 1.43. The fraction of sp³-hybridized carbons (Fsp3) is 0.360. The number of rotatable bonds is 3. The summed E-state index contributed by atoms with van der Waals surface area (Å²) in [6.07, 6.45) is 3.54. The topological polar surface area (TPSA) is 83.4 Å². The molecule has 0 amide bonds. The van der Waals surface area contributed by atoms with Crippen molar-refractivity contribution in [3.63, 3.8) is 0 Å². The van der Waals surface area contributed by atoms with E-state index in [4.69, 9.17) is 14.2 Å². The second kappa shape index (κ2) is 9.32. The molecule has 0 atom stereocenters. The van der Waals surface area contributed by atoms with Gasteiger partial charge in [0.15, 0.2) is 0 Å². The first-order valence-corrected chi connectivity index (χ1v) is 10.9. The molecule has 0 aliphatic carbocycles. The van der Waals surface area contributed by atoms with Crippen molar-refractivity contribution in [1.82, 2.24) is 14.9 Å². The molecule has 7 nitrogen and oxygen atoms in total. The molecule has 0 radical (unpaired) electrons. The van der Waals surface area contributed by atoms with Gasteiger partial charge in [-0.1, -0.05) is 6.07 Å². The van der Waals surface area contributed by atoms with Crippen LogP contribution in [0.25, 0.3) is 22.2 Å². The van der Waals surface area contributed by atoms with E-state index in [2.05, 4.69) is 32.9 Å². The maximum Gasteiger partial charge on any atom is 0.138 e. The maximum atomic E-state index is 9.73. The summed E-state index contributed by atoms with van der Waals surface area (Å²) in [4.78, 5) is 9.83. The second-order valence-corrected chi connectivity index (χ2v) is 7.89. The van der Waals surface area contributed by atoms with Crippen molar-refractivity contribution in [2.24, 2.45) is 0 Å². The molecule has 1 aromatic carbocycles. The number of aromatic amines is 1. The molecule has 0 bridgehead atoms. The van der Waals surface area contributed by atoms with Gasteiger partial charge in [-0.3, -0.25) is 0 Å². The average Bonchev–Trinajstić information content (AvgIpc) is 3.28. The Hall–Kier alpha value is -3.52. The number of aromatic nitrogens is 2. The lowest BCUT2D eigenvalue weighted by atomic mass is 10.0. The summed E-state index contributed by atoms with van der Waals surface area (Å²) >= 11 is 0. The lowest BCUT2D eigenvalue weighted by Crippen LogP contribution is -2.32. The molecule has 1 N–H and O–H groups in total. The summed E-state index contributed by atoms with van der Waals surface area (Å²) in [7, 11) is 0. The molecule has 4 heterocycles. The predicted octanol–water partition coefficient (Wildman–Crippen LogP) is 3.30. The molecule has 32 heavy (non-hydrogen) atoms. The summed E-state index contributed by atoms with van der Waals surface area (Å²) < 4.78 is 16.9. The quantitative estimate of drug-likeness (QED) is 0.645. The number of hydrogen-bond acceptors (Lipinski definition) is 6. The van der Waals surface area contributed by atoms with Gasteiger partial charge in [-0.2, -0.15) is 5.26 Å². The van der Waals surface area contributed by atoms with Crippen LogP contribution in [0.15, 0.2) is 36.5 Å². The molecule has 0 spiro atoms. The van der Waals surface area contributed by atoms with Crippen LogP contribution in [0, 0.1) is 23.3 Å². The zero-order chi connectivity index (χ0) is 21.8. The van der Waals surface area contributed by atoms with Crippen LogP contribution in [-0.4, -0.2) is 60.5 Å². The number of H-pyrrole nitrogens is 1. The minimum atomic E-state index is 0.0894. The van der Waals surface area contributed by atoms with Gasteiger partial charge in [0.05, 0.1) is 37.7 Å². The highest BCUT2D eigenvalue weighted by atomic mass is 16.5. The molecule has 2 fully saturated rings. The first-order chi connectivity index (χ1) is 15.8. The maximum absolute atomic E-state index is 9.73. The van der Waals surface area contributed by atoms with E-state index in [1.54, 1.807) is 6.20 Å². The number of hydrogen-bond donors (Lipinski definition) is 1. The fourth-order valence-electron chi connectivity index (χ4n) is 4.02. The fourth-order valence-corrected chi connectivity index (χ4v) is 4.02. The van der Waals surface area contributed by atoms with Gasteiger partial charge in [-0.15, -0.1) is 0 Å². The molecule has 162 valence electrons. The van der Waals surface area contributed by atoms with Crippen molar-refractivity contribution in [1.29, 1.82) is 5.26 Å². The van der Waals surface area contributed by atoms with Crippen LogP contribution in [0.3, 0.4) is 0 Å². The third-order valence-corrected chi connectivity index (χ3v) is 5.76. The van der Waals surface area contributed by atoms with E-state index in [1.165, 1.54) is 0 Å². The molecule has 0 saturated carbocycles. The highest BCUT2D eigenvalue weighted by molar-refractivity contribution is 5.94. The number of pyridine rings is 1. The standard InChI is InChI=1S/C25H24N4O3/c26-17-19-15-18(1-2-24(19)32-21-5-11-30-12-6-21)22-3-7-27-25-23(22)16-20(28-25)4-8-29-9-13-31-14-10-29/h1-3,7,15-16,21H,5-6,9-14H2,(H,27,28). The summed E-state index contributed by atoms with van der Waals surface area (Å²) in [5.74, 6) is 3.83. The van der Waals surface area contributed by atoms with Crippen LogP contribution in [0.2, 0.25) is 0 Å². The summed E-state index contributed by atoms with van der Waals surface area (Å²) in [5.41, 5.74) is 4.06. The predicted molar refractivity (Wildman–Crippen MR) is 120 cm³/mol. The molecule has 2 saturated heterocycles. The van der Waals surface area contributed by atoms with Gasteiger partial charge >= 0.3 is 0 Å². The Morgan fingerprint density at radius 2 is 1.88 bits per heavy atom. The minimum absolute atomic E-state index is 0.0894. The zero-order valence-corrected chi connectivity index (χ0v) is 17.8. The number of nitrogens with one attached hydrogen (secondary N) is 1. The summed E-state index contributed by atoms with van der Waals surface area (Å²) in [6.45, 7) is 4.45. The monoisotopic (exact) mass is 428 g/mol. The van der Waals surface area contributed by atoms with Crippen molar-refractivity contribution in [3.05, 3.63) is 47.8 Å². The Kier molecular flexibility index (Phi) is 5.93. The van der Waals surface area contributed by atoms with Crippen molar-refractivity contribution in [2.45, 2.75) is 18.9 Å². The average molecular weight is 428 g/mol. The number of nitriles is 1. The second-order valence-electron chi connectivity index (χ2n) is 7.89. The third-order valence-electron chi connectivity index (χ3n) is 5.76. The molecule has 7 heteroatoms. The van der Waals surface area contributed by atoms with Gasteiger partial charge in [0.25, 0.3) is 0 Å². The number of benzene rings is 1. The molecule has 2 aromatic heterocycles. The molecular formula is C25H24N4O3. The molecule has 5 rings (SSSR count). The molecule has 3 aromatic rings. The van der Waals surface area contributed by atoms with Gasteiger partial charge in [0.1, 0.15) is 23.6 Å². The number of fused-ring (bicyclic) bond motifs is 1. The Bertz CT molecular complexity index is 1210. The van der Waals surface area contributed by atoms with E-state index < -0.39 is 0 Å². The van der Waals surface area contributed by atoms with Crippen LogP contribution in [0.4, 0.5) is 0 Å². The van der Waals surface area contributed by atoms with Crippen LogP contribution in [0.5, 0.6) is 5.75 Å². The largest absolute Gasteiger partial charge is 0.489 e. The van der Waals surface area contributed by atoms with E-state index in [1.807, 2.05) is 30.3 Å². The van der Waals surface area contributed by atoms with Crippen LogP contribution < -0.4 is 4.74 Å². The van der Waals surface area contributed by atoms with E-state index in [0.29, 0.717) is 37.7 Å². The lowest BCUT2D eigenvalue weighted by molar-refractivity contribution is 0.0254. The zero-order valence-electron chi connectivity index (χ0n) is 17.8. The van der Waals surface area contributed by atoms with E-state index in [0.717, 1.165) is 53.8 Å². The number of nitrogens with zero attached hydrogens (tertiary/aromatic N) is 3. The first kappa shape index (κ1) is 20.4. The normalized spacial score (nSPS) is 16.9. The van der Waals surface area contributed by atoms with Gasteiger partial charge in [0.2, 0.25) is 0 Å². The highest BCUT2D eigenvalue weighted by Crippen LogP contribution is 2.32. The SMILES string of the molecule is N#Cc1cc(-c2ccnc3[nH]c(C#CN4CCOCC4)cc23)ccc1OC1CCOCC1. The molecule has 2 aliphatic heterocycles. The van der Waals surface area contributed by atoms with Crippen LogP contribution >= 0.6 is 0 Å². The van der Waals surface area contributed by atoms with Crippen LogP contribution in [-0.2, 0) is 9.47 Å². The van der Waals surface area contributed by atoms with Gasteiger partial charge in [-0.05, 0) is 41.3 Å². The van der Waals surface area contributed by atoms with Crippen molar-refractivity contribution in [2.75, 3.05) is 39.5 Å². The number of ether oxygens (including phenoxy) is 3. The van der Waals surface area contributed by atoms with Gasteiger partial charge < -0.3 is 24.1 Å². The highest BCUT2D eigenvalue weighted by Gasteiger charge is 2.18. The van der Waals surface area contributed by atoms with Crippen molar-refractivity contribution >= 4 is 11.0 Å². The van der Waals surface area contributed by atoms with Crippen LogP contribution in [0.1, 0.15) is 24.1 Å². The van der Waals surface area contributed by atoms with E-state index >= 15 is 0 Å². The summed E-state index contributed by atoms with van der Waals surface area (Å²) in [5, 5.41) is 10.7. The molecular weight excluding hydrogens is 404 g/mol. The molecule has 2 aliphatic rings. The molecule has 0 unspecified atom stereocenters. The Labute approximate surface area is 186 Å². The summed E-state index contributed by atoms with van der Waals surface area (Å²) in [6, 6.07) is 15.2. The lowest BCUT2D eigenvalue weighted by Gasteiger charge is -2.23.